The number of para-hydroxylation sites is 1. The number of nitrogens with zero attached hydrogens (tertiary/aromatic N) is 2. The lowest BCUT2D eigenvalue weighted by molar-refractivity contribution is 0.267. The first-order chi connectivity index (χ1) is 9.70. The Bertz CT molecular complexity index is 597. The van der Waals surface area contributed by atoms with E-state index >= 15 is 0 Å². The molecule has 1 aromatic heterocycles. The number of aromatic nitrogens is 2. The highest BCUT2D eigenvalue weighted by molar-refractivity contribution is 6.35. The smallest absolute Gasteiger partial charge is 0.201 e. The minimum absolute atomic E-state index is 0.452. The van der Waals surface area contributed by atoms with E-state index in [4.69, 9.17) is 17.3 Å². The van der Waals surface area contributed by atoms with E-state index in [2.05, 4.69) is 16.5 Å². The highest BCUT2D eigenvalue weighted by Crippen LogP contribution is 2.38. The maximum atomic E-state index is 6.36. The molecule has 2 N–H and O–H groups in total. The van der Waals surface area contributed by atoms with Crippen LogP contribution < -0.4 is 5.73 Å². The topological polar surface area (TPSA) is 43.8 Å². The SMILES string of the molecule is CCCC1CCC(n2c(N)nc3cccc(Cl)c32)CC1. The average molecular weight is 292 g/mol. The quantitative estimate of drug-likeness (QED) is 0.882. The summed E-state index contributed by atoms with van der Waals surface area (Å²) < 4.78 is 2.17. The zero-order chi connectivity index (χ0) is 14.1. The number of halogens is 1. The maximum Gasteiger partial charge on any atom is 0.201 e. The van der Waals surface area contributed by atoms with Crippen LogP contribution >= 0.6 is 11.6 Å². The highest BCUT2D eigenvalue weighted by atomic mass is 35.5. The van der Waals surface area contributed by atoms with Crippen LogP contribution in [-0.4, -0.2) is 9.55 Å². The molecule has 1 aliphatic rings. The second-order valence-corrected chi connectivity index (χ2v) is 6.32. The van der Waals surface area contributed by atoms with Crippen molar-refractivity contribution in [1.29, 1.82) is 0 Å². The molecular formula is C16H22ClN3. The largest absolute Gasteiger partial charge is 0.369 e. The van der Waals surface area contributed by atoms with E-state index in [0.29, 0.717) is 12.0 Å². The molecule has 0 atom stereocenters. The maximum absolute atomic E-state index is 6.36. The summed E-state index contributed by atoms with van der Waals surface area (Å²) in [5.74, 6) is 1.50. The molecule has 2 aromatic rings. The lowest BCUT2D eigenvalue weighted by atomic mass is 9.83. The molecule has 1 saturated carbocycles. The van der Waals surface area contributed by atoms with Gasteiger partial charge in [0, 0.05) is 6.04 Å². The first kappa shape index (κ1) is 13.7. The van der Waals surface area contributed by atoms with E-state index in [1.165, 1.54) is 38.5 Å². The molecule has 20 heavy (non-hydrogen) atoms. The molecule has 0 radical (unpaired) electrons. The van der Waals surface area contributed by atoms with Crippen molar-refractivity contribution < 1.29 is 0 Å². The summed E-state index contributed by atoms with van der Waals surface area (Å²) in [6.07, 6.45) is 7.60. The van der Waals surface area contributed by atoms with Crippen molar-refractivity contribution in [2.45, 2.75) is 51.5 Å². The second-order valence-electron chi connectivity index (χ2n) is 5.91. The molecule has 0 saturated heterocycles. The summed E-state index contributed by atoms with van der Waals surface area (Å²) in [7, 11) is 0. The van der Waals surface area contributed by atoms with Gasteiger partial charge >= 0.3 is 0 Å². The Balaban J connectivity index is 1.90. The van der Waals surface area contributed by atoms with E-state index in [-0.39, 0.29) is 0 Å². The van der Waals surface area contributed by atoms with Gasteiger partial charge in [0.25, 0.3) is 0 Å². The van der Waals surface area contributed by atoms with Gasteiger partial charge in [-0.05, 0) is 43.7 Å². The van der Waals surface area contributed by atoms with Crippen LogP contribution in [0.2, 0.25) is 5.02 Å². The van der Waals surface area contributed by atoms with Crippen LogP contribution in [0.1, 0.15) is 51.5 Å². The molecule has 0 aliphatic heterocycles. The molecule has 0 unspecified atom stereocenters. The second kappa shape index (κ2) is 5.65. The molecule has 0 bridgehead atoms. The summed E-state index contributed by atoms with van der Waals surface area (Å²) in [4.78, 5) is 4.46. The third-order valence-electron chi connectivity index (χ3n) is 4.57. The summed E-state index contributed by atoms with van der Waals surface area (Å²) in [6.45, 7) is 2.27. The first-order valence-electron chi connectivity index (χ1n) is 7.62. The standard InChI is InChI=1S/C16H22ClN3/c1-2-4-11-7-9-12(10-8-11)20-15-13(17)5-3-6-14(15)19-16(20)18/h3,5-6,11-12H,2,4,7-10H2,1H3,(H2,18,19). The molecule has 1 heterocycles. The monoisotopic (exact) mass is 291 g/mol. The van der Waals surface area contributed by atoms with E-state index < -0.39 is 0 Å². The van der Waals surface area contributed by atoms with E-state index in [9.17, 15) is 0 Å². The molecule has 1 aliphatic carbocycles. The fourth-order valence-electron chi connectivity index (χ4n) is 3.59. The minimum atomic E-state index is 0.452. The third-order valence-corrected chi connectivity index (χ3v) is 4.87. The van der Waals surface area contributed by atoms with Crippen LogP contribution in [0.3, 0.4) is 0 Å². The number of anilines is 1. The Morgan fingerprint density at radius 2 is 2.05 bits per heavy atom. The van der Waals surface area contributed by atoms with Gasteiger partial charge in [-0.2, -0.15) is 0 Å². The number of imidazole rings is 1. The van der Waals surface area contributed by atoms with Gasteiger partial charge in [0.1, 0.15) is 0 Å². The Labute approximate surface area is 125 Å². The Morgan fingerprint density at radius 1 is 1.30 bits per heavy atom. The Morgan fingerprint density at radius 3 is 2.75 bits per heavy atom. The summed E-state index contributed by atoms with van der Waals surface area (Å²) >= 11 is 6.36. The van der Waals surface area contributed by atoms with Crippen LogP contribution in [-0.2, 0) is 0 Å². The summed E-state index contributed by atoms with van der Waals surface area (Å²) in [6, 6.07) is 6.29. The van der Waals surface area contributed by atoms with Crippen LogP contribution in [0.4, 0.5) is 5.95 Å². The van der Waals surface area contributed by atoms with Crippen molar-refractivity contribution in [1.82, 2.24) is 9.55 Å². The van der Waals surface area contributed by atoms with Gasteiger partial charge in [-0.3, -0.25) is 0 Å². The van der Waals surface area contributed by atoms with Crippen molar-refractivity contribution in [2.24, 2.45) is 5.92 Å². The lowest BCUT2D eigenvalue weighted by Gasteiger charge is -2.30. The van der Waals surface area contributed by atoms with Crippen molar-refractivity contribution in [3.8, 4) is 0 Å². The molecule has 3 nitrogen and oxygen atoms in total. The van der Waals surface area contributed by atoms with Gasteiger partial charge in [0.15, 0.2) is 0 Å². The zero-order valence-electron chi connectivity index (χ0n) is 12.0. The van der Waals surface area contributed by atoms with E-state index in [1.807, 2.05) is 18.2 Å². The van der Waals surface area contributed by atoms with Gasteiger partial charge in [-0.25, -0.2) is 4.98 Å². The normalized spacial score (nSPS) is 23.3. The van der Waals surface area contributed by atoms with Gasteiger partial charge in [0.05, 0.1) is 16.1 Å². The molecule has 1 aromatic carbocycles. The lowest BCUT2D eigenvalue weighted by Crippen LogP contribution is -2.19. The molecular weight excluding hydrogens is 270 g/mol. The summed E-state index contributed by atoms with van der Waals surface area (Å²) in [5, 5.41) is 0.752. The molecule has 4 heteroatoms. The van der Waals surface area contributed by atoms with Crippen molar-refractivity contribution in [2.75, 3.05) is 5.73 Å². The molecule has 3 rings (SSSR count). The predicted octanol–water partition coefficient (Wildman–Crippen LogP) is 4.80. The van der Waals surface area contributed by atoms with Crippen LogP contribution in [0.25, 0.3) is 11.0 Å². The highest BCUT2D eigenvalue weighted by Gasteiger charge is 2.25. The van der Waals surface area contributed by atoms with Gasteiger partial charge in [0.2, 0.25) is 5.95 Å². The number of benzene rings is 1. The predicted molar refractivity (Wildman–Crippen MR) is 85.1 cm³/mol. The van der Waals surface area contributed by atoms with Gasteiger partial charge in [-0.1, -0.05) is 37.4 Å². The first-order valence-corrected chi connectivity index (χ1v) is 8.00. The van der Waals surface area contributed by atoms with E-state index in [1.54, 1.807) is 0 Å². The van der Waals surface area contributed by atoms with Gasteiger partial charge < -0.3 is 10.3 Å². The number of hydrogen-bond acceptors (Lipinski definition) is 2. The number of nitrogens with two attached hydrogens (primary N) is 1. The zero-order valence-corrected chi connectivity index (χ0v) is 12.7. The number of fused-ring (bicyclic) bond motifs is 1. The summed E-state index contributed by atoms with van der Waals surface area (Å²) in [5.41, 5.74) is 8.05. The fraction of sp³-hybridized carbons (Fsp3) is 0.562. The molecule has 0 spiro atoms. The Kier molecular flexibility index (Phi) is 3.88. The van der Waals surface area contributed by atoms with Crippen molar-refractivity contribution in [3.05, 3.63) is 23.2 Å². The van der Waals surface area contributed by atoms with Crippen LogP contribution in [0.5, 0.6) is 0 Å². The molecule has 108 valence electrons. The van der Waals surface area contributed by atoms with Crippen molar-refractivity contribution in [3.63, 3.8) is 0 Å². The number of rotatable bonds is 3. The third kappa shape index (κ3) is 2.39. The average Bonchev–Trinajstić information content (AvgIpc) is 2.78. The van der Waals surface area contributed by atoms with Crippen LogP contribution in [0, 0.1) is 5.92 Å². The number of hydrogen-bond donors (Lipinski definition) is 1. The minimum Gasteiger partial charge on any atom is -0.369 e. The molecule has 1 fully saturated rings. The number of nitrogen functional groups attached to an aromatic ring is 1. The van der Waals surface area contributed by atoms with Gasteiger partial charge in [-0.15, -0.1) is 0 Å². The van der Waals surface area contributed by atoms with Crippen molar-refractivity contribution >= 4 is 28.6 Å². The molecule has 0 amide bonds. The van der Waals surface area contributed by atoms with Crippen LogP contribution in [0.15, 0.2) is 18.2 Å². The van der Waals surface area contributed by atoms with E-state index in [0.717, 1.165) is 22.0 Å². The Hall–Kier alpha value is -1.22. The fourth-order valence-corrected chi connectivity index (χ4v) is 3.85.